The lowest BCUT2D eigenvalue weighted by Crippen LogP contribution is -2.12. The highest BCUT2D eigenvalue weighted by Gasteiger charge is 2.24. The number of methoxy groups -OCH3 is 2. The van der Waals surface area contributed by atoms with Crippen molar-refractivity contribution in [3.63, 3.8) is 0 Å². The molecule has 0 aliphatic heterocycles. The Hall–Kier alpha value is -2.64. The van der Waals surface area contributed by atoms with Gasteiger partial charge in [-0.25, -0.2) is 0 Å². The second kappa shape index (κ2) is 7.22. The van der Waals surface area contributed by atoms with Crippen LogP contribution < -0.4 is 9.47 Å². The number of hydrogen-bond acceptors (Lipinski definition) is 7. The molecule has 0 fully saturated rings. The van der Waals surface area contributed by atoms with Crippen LogP contribution in [0.5, 0.6) is 11.5 Å². The number of hydrogen-bond donors (Lipinski definition) is 0. The summed E-state index contributed by atoms with van der Waals surface area (Å²) in [7, 11) is 2.55. The van der Waals surface area contributed by atoms with E-state index in [0.717, 1.165) is 6.07 Å². The van der Waals surface area contributed by atoms with Gasteiger partial charge in [0, 0.05) is 11.6 Å². The van der Waals surface area contributed by atoms with Crippen molar-refractivity contribution in [2.75, 3.05) is 20.8 Å². The molecule has 0 aliphatic carbocycles. The maximum Gasteiger partial charge on any atom is 0.315 e. The van der Waals surface area contributed by atoms with Gasteiger partial charge >= 0.3 is 11.7 Å². The Morgan fingerprint density at radius 1 is 1.24 bits per heavy atom. The molecule has 1 aromatic carbocycles. The van der Waals surface area contributed by atoms with Crippen LogP contribution in [0.2, 0.25) is 0 Å². The highest BCUT2D eigenvalue weighted by molar-refractivity contribution is 6.06. The highest BCUT2D eigenvalue weighted by Crippen LogP contribution is 2.38. The Labute approximate surface area is 120 Å². The summed E-state index contributed by atoms with van der Waals surface area (Å²) in [5.41, 5.74) is -0.434. The minimum atomic E-state index is -0.695. The van der Waals surface area contributed by atoms with Gasteiger partial charge < -0.3 is 14.2 Å². The first-order chi connectivity index (χ1) is 9.94. The molecule has 114 valence electrons. The third-order valence-electron chi connectivity index (χ3n) is 2.59. The third kappa shape index (κ3) is 3.91. The summed E-state index contributed by atoms with van der Waals surface area (Å²) < 4.78 is 14.5. The Morgan fingerprint density at radius 2 is 1.90 bits per heavy atom. The summed E-state index contributed by atoms with van der Waals surface area (Å²) in [6, 6.07) is 2.33. The zero-order valence-electron chi connectivity index (χ0n) is 11.9. The summed E-state index contributed by atoms with van der Waals surface area (Å²) >= 11 is 0. The molecule has 8 nitrogen and oxygen atoms in total. The summed E-state index contributed by atoms with van der Waals surface area (Å²) in [6.07, 6.45) is -0.500. The molecule has 0 saturated carbocycles. The van der Waals surface area contributed by atoms with Gasteiger partial charge in [0.05, 0.1) is 25.7 Å². The van der Waals surface area contributed by atoms with Gasteiger partial charge in [0.15, 0.2) is 11.5 Å². The van der Waals surface area contributed by atoms with Gasteiger partial charge in [0.1, 0.15) is 6.42 Å². The molecule has 1 rings (SSSR count). The van der Waals surface area contributed by atoms with E-state index in [1.165, 1.54) is 20.3 Å². The molecule has 21 heavy (non-hydrogen) atoms. The first-order valence-corrected chi connectivity index (χ1v) is 6.03. The number of Topliss-reactive ketones (excluding diaryl/α,β-unsaturated/α-hetero) is 1. The quantitative estimate of drug-likeness (QED) is 0.248. The van der Waals surface area contributed by atoms with Crippen molar-refractivity contribution in [1.82, 2.24) is 0 Å². The van der Waals surface area contributed by atoms with Gasteiger partial charge in [0.2, 0.25) is 5.75 Å². The Kier molecular flexibility index (Phi) is 5.65. The fourth-order valence-electron chi connectivity index (χ4n) is 1.69. The molecule has 0 N–H and O–H groups in total. The third-order valence-corrected chi connectivity index (χ3v) is 2.59. The second-order valence-electron chi connectivity index (χ2n) is 3.89. The Bertz CT molecular complexity index is 568. The lowest BCUT2D eigenvalue weighted by atomic mass is 10.1. The van der Waals surface area contributed by atoms with Crippen LogP contribution in [0.1, 0.15) is 23.7 Å². The number of nitro groups is 1. The molecule has 0 amide bonds. The predicted molar refractivity (Wildman–Crippen MR) is 71.8 cm³/mol. The molecule has 8 heteroatoms. The van der Waals surface area contributed by atoms with Crippen molar-refractivity contribution >= 4 is 17.4 Å². The van der Waals surface area contributed by atoms with Crippen LogP contribution in [-0.2, 0) is 9.53 Å². The minimum Gasteiger partial charge on any atom is -0.493 e. The van der Waals surface area contributed by atoms with E-state index in [0.29, 0.717) is 0 Å². The summed E-state index contributed by atoms with van der Waals surface area (Å²) in [5, 5.41) is 11.0. The average Bonchev–Trinajstić information content (AvgIpc) is 2.45. The van der Waals surface area contributed by atoms with Crippen molar-refractivity contribution in [2.24, 2.45) is 0 Å². The monoisotopic (exact) mass is 297 g/mol. The fourth-order valence-corrected chi connectivity index (χ4v) is 1.69. The molecular formula is C13H15NO7. The number of rotatable bonds is 7. The summed E-state index contributed by atoms with van der Waals surface area (Å²) in [4.78, 5) is 33.6. The number of esters is 1. The van der Waals surface area contributed by atoms with Gasteiger partial charge in [-0.3, -0.25) is 19.7 Å². The zero-order valence-corrected chi connectivity index (χ0v) is 11.9. The highest BCUT2D eigenvalue weighted by atomic mass is 16.6. The van der Waals surface area contributed by atoms with Crippen LogP contribution in [0.4, 0.5) is 5.69 Å². The number of carbonyl (C=O) groups is 2. The van der Waals surface area contributed by atoms with E-state index in [9.17, 15) is 19.7 Å². The molecule has 0 aliphatic rings. The van der Waals surface area contributed by atoms with Crippen molar-refractivity contribution < 1.29 is 28.7 Å². The van der Waals surface area contributed by atoms with Crippen molar-refractivity contribution in [3.8, 4) is 11.5 Å². The first-order valence-electron chi connectivity index (χ1n) is 6.03. The zero-order chi connectivity index (χ0) is 16.0. The van der Waals surface area contributed by atoms with Crippen LogP contribution in [-0.4, -0.2) is 37.5 Å². The van der Waals surface area contributed by atoms with Crippen molar-refractivity contribution in [2.45, 2.75) is 13.3 Å². The second-order valence-corrected chi connectivity index (χ2v) is 3.89. The molecule has 1 aromatic rings. The molecule has 0 heterocycles. The van der Waals surface area contributed by atoms with Gasteiger partial charge in [0.25, 0.3) is 0 Å². The van der Waals surface area contributed by atoms with Crippen molar-refractivity contribution in [3.05, 3.63) is 27.8 Å². The lowest BCUT2D eigenvalue weighted by Gasteiger charge is -2.10. The van der Waals surface area contributed by atoms with E-state index >= 15 is 0 Å². The SMILES string of the molecule is CCOC(=O)CC(=O)c1cc(OC)c(OC)c([N+](=O)[O-])c1. The van der Waals surface area contributed by atoms with Crippen LogP contribution in [0.25, 0.3) is 0 Å². The molecule has 0 saturated heterocycles. The number of nitro benzene ring substituents is 1. The molecular weight excluding hydrogens is 282 g/mol. The van der Waals surface area contributed by atoms with Crippen LogP contribution in [0.15, 0.2) is 12.1 Å². The van der Waals surface area contributed by atoms with Gasteiger partial charge in [-0.2, -0.15) is 0 Å². The normalized spacial score (nSPS) is 9.86. The molecule has 0 atom stereocenters. The van der Waals surface area contributed by atoms with Gasteiger partial charge in [-0.1, -0.05) is 0 Å². The smallest absolute Gasteiger partial charge is 0.315 e. The number of ketones is 1. The Morgan fingerprint density at radius 3 is 2.38 bits per heavy atom. The largest absolute Gasteiger partial charge is 0.493 e. The van der Waals surface area contributed by atoms with Crippen LogP contribution >= 0.6 is 0 Å². The van der Waals surface area contributed by atoms with E-state index in [4.69, 9.17) is 9.47 Å². The topological polar surface area (TPSA) is 105 Å². The molecule has 0 aromatic heterocycles. The molecule has 0 radical (unpaired) electrons. The standard InChI is InChI=1S/C13H15NO7/c1-4-21-12(16)7-10(15)8-5-9(14(17)18)13(20-3)11(6-8)19-2/h5-6H,4,7H2,1-3H3. The lowest BCUT2D eigenvalue weighted by molar-refractivity contribution is -0.385. The molecule has 0 spiro atoms. The summed E-state index contributed by atoms with van der Waals surface area (Å²) in [5.74, 6) is -1.34. The predicted octanol–water partition coefficient (Wildman–Crippen LogP) is 1.75. The van der Waals surface area contributed by atoms with E-state index in [1.807, 2.05) is 0 Å². The first kappa shape index (κ1) is 16.4. The number of ether oxygens (including phenoxy) is 3. The van der Waals surface area contributed by atoms with Crippen LogP contribution in [0, 0.1) is 10.1 Å². The fraction of sp³-hybridized carbons (Fsp3) is 0.385. The van der Waals surface area contributed by atoms with E-state index in [-0.39, 0.29) is 23.7 Å². The van der Waals surface area contributed by atoms with Crippen molar-refractivity contribution in [1.29, 1.82) is 0 Å². The summed E-state index contributed by atoms with van der Waals surface area (Å²) in [6.45, 7) is 1.77. The average molecular weight is 297 g/mol. The minimum absolute atomic E-state index is 0.0209. The number of nitrogens with zero attached hydrogens (tertiary/aromatic N) is 1. The maximum atomic E-state index is 12.0. The van der Waals surface area contributed by atoms with E-state index < -0.39 is 28.8 Å². The Balaban J connectivity index is 3.19. The maximum absolute atomic E-state index is 12.0. The molecule has 0 bridgehead atoms. The van der Waals surface area contributed by atoms with Gasteiger partial charge in [-0.15, -0.1) is 0 Å². The number of benzene rings is 1. The van der Waals surface area contributed by atoms with E-state index in [2.05, 4.69) is 4.74 Å². The molecule has 0 unspecified atom stereocenters. The van der Waals surface area contributed by atoms with Crippen LogP contribution in [0.3, 0.4) is 0 Å². The van der Waals surface area contributed by atoms with E-state index in [1.54, 1.807) is 6.92 Å². The number of carbonyl (C=O) groups excluding carboxylic acids is 2. The van der Waals surface area contributed by atoms with Gasteiger partial charge in [-0.05, 0) is 13.0 Å².